The largest absolute Gasteiger partial charge is 0.330 e. The molecule has 1 aromatic heterocycles. The van der Waals surface area contributed by atoms with Gasteiger partial charge in [-0.25, -0.2) is 4.98 Å². The van der Waals surface area contributed by atoms with Crippen LogP contribution in [0.15, 0.2) is 0 Å². The van der Waals surface area contributed by atoms with E-state index in [-0.39, 0.29) is 0 Å². The lowest BCUT2D eigenvalue weighted by atomic mass is 9.51. The summed E-state index contributed by atoms with van der Waals surface area (Å²) >= 11 is 0. The van der Waals surface area contributed by atoms with Gasteiger partial charge in [0.25, 0.3) is 0 Å². The first-order valence-corrected chi connectivity index (χ1v) is 8.31. The molecule has 0 atom stereocenters. The van der Waals surface area contributed by atoms with Crippen molar-refractivity contribution in [1.82, 2.24) is 14.8 Å². The van der Waals surface area contributed by atoms with Gasteiger partial charge in [-0.15, -0.1) is 0 Å². The third-order valence-electron chi connectivity index (χ3n) is 6.11. The molecule has 0 unspecified atom stereocenters. The predicted octanol–water partition coefficient (Wildman–Crippen LogP) is 1.93. The molecule has 0 aliphatic heterocycles. The Kier molecular flexibility index (Phi) is 3.09. The van der Waals surface area contributed by atoms with Crippen molar-refractivity contribution in [3.63, 3.8) is 0 Å². The van der Waals surface area contributed by atoms with Crippen molar-refractivity contribution in [2.45, 2.75) is 44.9 Å². The van der Waals surface area contributed by atoms with Crippen LogP contribution in [0.2, 0.25) is 0 Å². The second kappa shape index (κ2) is 4.83. The lowest BCUT2D eigenvalue weighted by Crippen LogP contribution is -2.46. The van der Waals surface area contributed by atoms with Gasteiger partial charge in [0.1, 0.15) is 5.82 Å². The highest BCUT2D eigenvalue weighted by Gasteiger charge is 2.48. The highest BCUT2D eigenvalue weighted by atomic mass is 15.3. The van der Waals surface area contributed by atoms with E-state index in [1.807, 2.05) is 11.7 Å². The highest BCUT2D eigenvalue weighted by Crippen LogP contribution is 2.57. The van der Waals surface area contributed by atoms with Crippen molar-refractivity contribution in [2.75, 3.05) is 6.54 Å². The van der Waals surface area contributed by atoms with Gasteiger partial charge in [0.05, 0.1) is 0 Å². The van der Waals surface area contributed by atoms with Crippen LogP contribution in [0.4, 0.5) is 0 Å². The van der Waals surface area contributed by atoms with Crippen LogP contribution in [0.5, 0.6) is 0 Å². The highest BCUT2D eigenvalue weighted by molar-refractivity contribution is 5.03. The Morgan fingerprint density at radius 2 is 1.75 bits per heavy atom. The fourth-order valence-corrected chi connectivity index (χ4v) is 5.47. The van der Waals surface area contributed by atoms with Crippen molar-refractivity contribution in [3.8, 4) is 0 Å². The minimum absolute atomic E-state index is 0.640. The first kappa shape index (κ1) is 12.8. The van der Waals surface area contributed by atoms with E-state index in [2.05, 4.69) is 5.10 Å². The smallest absolute Gasteiger partial charge is 0.152 e. The van der Waals surface area contributed by atoms with E-state index in [0.29, 0.717) is 6.54 Å². The Bertz CT molecular complexity index is 465. The van der Waals surface area contributed by atoms with Crippen molar-refractivity contribution in [2.24, 2.45) is 42.4 Å². The van der Waals surface area contributed by atoms with Gasteiger partial charge < -0.3 is 5.73 Å². The standard InChI is InChI=1S/C16H26N4/c1-20-16(18-15(19-20)2-3-17)9-14-12-5-10-4-11(7-12)8-13(14)6-10/h10-14H,2-9,17H2,1H3. The SMILES string of the molecule is Cn1nc(CCN)nc1CC1C2CC3CC(C2)CC1C3. The van der Waals surface area contributed by atoms with Crippen LogP contribution in [0, 0.1) is 29.6 Å². The molecule has 110 valence electrons. The number of aromatic nitrogens is 3. The van der Waals surface area contributed by atoms with Crippen LogP contribution >= 0.6 is 0 Å². The number of nitrogens with two attached hydrogens (primary N) is 1. The van der Waals surface area contributed by atoms with Gasteiger partial charge in [-0.05, 0) is 68.2 Å². The van der Waals surface area contributed by atoms with Gasteiger partial charge in [-0.2, -0.15) is 5.10 Å². The zero-order chi connectivity index (χ0) is 13.7. The fourth-order valence-electron chi connectivity index (χ4n) is 5.47. The Morgan fingerprint density at radius 1 is 1.10 bits per heavy atom. The van der Waals surface area contributed by atoms with Crippen LogP contribution in [0.3, 0.4) is 0 Å². The maximum absolute atomic E-state index is 5.61. The summed E-state index contributed by atoms with van der Waals surface area (Å²) in [6.07, 6.45) is 9.44. The van der Waals surface area contributed by atoms with Crippen molar-refractivity contribution in [1.29, 1.82) is 0 Å². The summed E-state index contributed by atoms with van der Waals surface area (Å²) in [6.45, 7) is 0.640. The summed E-state index contributed by atoms with van der Waals surface area (Å²) < 4.78 is 2.00. The van der Waals surface area contributed by atoms with E-state index in [9.17, 15) is 0 Å². The second-order valence-corrected chi connectivity index (χ2v) is 7.41. The molecule has 4 saturated carbocycles. The summed E-state index contributed by atoms with van der Waals surface area (Å²) in [5.74, 6) is 7.04. The van der Waals surface area contributed by atoms with E-state index >= 15 is 0 Å². The number of rotatable bonds is 4. The van der Waals surface area contributed by atoms with Gasteiger partial charge >= 0.3 is 0 Å². The summed E-state index contributed by atoms with van der Waals surface area (Å²) in [4.78, 5) is 4.72. The molecule has 4 heteroatoms. The molecular weight excluding hydrogens is 248 g/mol. The molecule has 0 radical (unpaired) electrons. The average Bonchev–Trinajstić information content (AvgIpc) is 2.74. The molecule has 4 aliphatic rings. The zero-order valence-corrected chi connectivity index (χ0v) is 12.5. The predicted molar refractivity (Wildman–Crippen MR) is 78.0 cm³/mol. The van der Waals surface area contributed by atoms with E-state index in [1.165, 1.54) is 37.9 Å². The van der Waals surface area contributed by atoms with Crippen LogP contribution in [-0.4, -0.2) is 21.3 Å². The summed E-state index contributed by atoms with van der Waals surface area (Å²) in [6, 6.07) is 0. The molecule has 0 spiro atoms. The number of hydrogen-bond acceptors (Lipinski definition) is 3. The molecule has 2 N–H and O–H groups in total. The molecule has 1 heterocycles. The lowest BCUT2D eigenvalue weighted by Gasteiger charge is -2.54. The molecule has 1 aromatic rings. The number of nitrogens with zero attached hydrogens (tertiary/aromatic N) is 3. The van der Waals surface area contributed by atoms with Crippen molar-refractivity contribution in [3.05, 3.63) is 11.6 Å². The Balaban J connectivity index is 1.51. The van der Waals surface area contributed by atoms with Crippen LogP contribution in [-0.2, 0) is 19.9 Å². The maximum atomic E-state index is 5.61. The second-order valence-electron chi connectivity index (χ2n) is 7.41. The minimum Gasteiger partial charge on any atom is -0.330 e. The van der Waals surface area contributed by atoms with Gasteiger partial charge in [0, 0.05) is 19.9 Å². The Morgan fingerprint density at radius 3 is 2.35 bits per heavy atom. The third kappa shape index (κ3) is 2.09. The molecule has 0 aromatic carbocycles. The average molecular weight is 274 g/mol. The Hall–Kier alpha value is -0.900. The molecule has 0 saturated heterocycles. The molecule has 4 fully saturated rings. The Labute approximate surface area is 121 Å². The quantitative estimate of drug-likeness (QED) is 0.912. The fraction of sp³-hybridized carbons (Fsp3) is 0.875. The summed E-state index contributed by atoms with van der Waals surface area (Å²) in [5, 5.41) is 4.51. The first-order valence-electron chi connectivity index (χ1n) is 8.31. The van der Waals surface area contributed by atoms with Gasteiger partial charge in [0.15, 0.2) is 5.82 Å². The summed E-state index contributed by atoms with van der Waals surface area (Å²) in [5.41, 5.74) is 5.61. The first-order chi connectivity index (χ1) is 9.72. The maximum Gasteiger partial charge on any atom is 0.152 e. The molecule has 5 rings (SSSR count). The normalized spacial score (nSPS) is 38.6. The molecule has 0 amide bonds. The lowest BCUT2D eigenvalue weighted by molar-refractivity contribution is -0.0370. The minimum atomic E-state index is 0.640. The van der Waals surface area contributed by atoms with Crippen LogP contribution < -0.4 is 5.73 Å². The van der Waals surface area contributed by atoms with Crippen LogP contribution in [0.1, 0.15) is 43.8 Å². The third-order valence-corrected chi connectivity index (χ3v) is 6.11. The topological polar surface area (TPSA) is 56.7 Å². The van der Waals surface area contributed by atoms with E-state index in [4.69, 9.17) is 10.7 Å². The van der Waals surface area contributed by atoms with E-state index in [1.54, 1.807) is 0 Å². The van der Waals surface area contributed by atoms with Crippen molar-refractivity contribution < 1.29 is 0 Å². The van der Waals surface area contributed by atoms with Crippen molar-refractivity contribution >= 4 is 0 Å². The monoisotopic (exact) mass is 274 g/mol. The zero-order valence-electron chi connectivity index (χ0n) is 12.5. The number of hydrogen-bond donors (Lipinski definition) is 1. The van der Waals surface area contributed by atoms with E-state index in [0.717, 1.165) is 48.3 Å². The molecule has 4 aliphatic carbocycles. The van der Waals surface area contributed by atoms with Gasteiger partial charge in [0.2, 0.25) is 0 Å². The van der Waals surface area contributed by atoms with Gasteiger partial charge in [-0.3, -0.25) is 4.68 Å². The summed E-state index contributed by atoms with van der Waals surface area (Å²) in [7, 11) is 2.04. The van der Waals surface area contributed by atoms with Crippen LogP contribution in [0.25, 0.3) is 0 Å². The van der Waals surface area contributed by atoms with Gasteiger partial charge in [-0.1, -0.05) is 0 Å². The molecule has 4 nitrogen and oxygen atoms in total. The molecular formula is C16H26N4. The van der Waals surface area contributed by atoms with E-state index < -0.39 is 0 Å². The number of aryl methyl sites for hydroxylation is 1. The molecule has 20 heavy (non-hydrogen) atoms. The molecule has 4 bridgehead atoms.